The monoisotopic (exact) mass is 350 g/mol. The Labute approximate surface area is 154 Å². The molecule has 0 saturated heterocycles. The summed E-state index contributed by atoms with van der Waals surface area (Å²) < 4.78 is 5.55. The summed E-state index contributed by atoms with van der Waals surface area (Å²) >= 11 is 0. The van der Waals surface area contributed by atoms with E-state index >= 15 is 0 Å². The summed E-state index contributed by atoms with van der Waals surface area (Å²) in [5.74, 6) is 0.591. The molecule has 0 aliphatic rings. The Morgan fingerprint density at radius 1 is 1.08 bits per heavy atom. The molecule has 3 rings (SSSR count). The number of carbonyl (C=O) groups excluding carboxylic acids is 1. The molecule has 3 aromatic rings. The second kappa shape index (κ2) is 7.24. The molecule has 1 amide bonds. The molecule has 0 bridgehead atoms. The minimum Gasteiger partial charge on any atom is -0.484 e. The van der Waals surface area contributed by atoms with Crippen molar-refractivity contribution in [2.45, 2.75) is 33.1 Å². The number of carbonyl (C=O) groups is 1. The van der Waals surface area contributed by atoms with Crippen LogP contribution in [0.25, 0.3) is 10.9 Å². The molecule has 26 heavy (non-hydrogen) atoms. The lowest BCUT2D eigenvalue weighted by Crippen LogP contribution is -2.39. The van der Waals surface area contributed by atoms with Crippen LogP contribution in [0.1, 0.15) is 30.7 Å². The SMILES string of the molecule is Cc1ccc(OCC(=O)NCC(C)(C)c2c(C)[nH]c3ccccc23)cc1. The number of amides is 1. The quantitative estimate of drug-likeness (QED) is 0.698. The number of fused-ring (bicyclic) bond motifs is 1. The molecular weight excluding hydrogens is 324 g/mol. The van der Waals surface area contributed by atoms with Gasteiger partial charge in [-0.05, 0) is 37.6 Å². The summed E-state index contributed by atoms with van der Waals surface area (Å²) in [5.41, 5.74) is 4.48. The minimum atomic E-state index is -0.191. The van der Waals surface area contributed by atoms with Gasteiger partial charge in [0.15, 0.2) is 6.61 Å². The lowest BCUT2D eigenvalue weighted by Gasteiger charge is -2.26. The van der Waals surface area contributed by atoms with Crippen LogP contribution in [-0.4, -0.2) is 24.0 Å². The maximum atomic E-state index is 12.2. The van der Waals surface area contributed by atoms with Crippen LogP contribution in [0.4, 0.5) is 0 Å². The first kappa shape index (κ1) is 18.1. The molecule has 136 valence electrons. The molecule has 1 aromatic heterocycles. The second-order valence-corrected chi connectivity index (χ2v) is 7.43. The molecule has 2 aromatic carbocycles. The Morgan fingerprint density at radius 3 is 2.50 bits per heavy atom. The highest BCUT2D eigenvalue weighted by Crippen LogP contribution is 2.32. The summed E-state index contributed by atoms with van der Waals surface area (Å²) in [6, 6.07) is 16.0. The number of H-pyrrole nitrogens is 1. The van der Waals surface area contributed by atoms with Gasteiger partial charge in [-0.15, -0.1) is 0 Å². The number of ether oxygens (including phenoxy) is 1. The Bertz CT molecular complexity index is 908. The second-order valence-electron chi connectivity index (χ2n) is 7.43. The van der Waals surface area contributed by atoms with Gasteiger partial charge in [-0.2, -0.15) is 0 Å². The van der Waals surface area contributed by atoms with Crippen LogP contribution < -0.4 is 10.1 Å². The van der Waals surface area contributed by atoms with Crippen molar-refractivity contribution < 1.29 is 9.53 Å². The van der Waals surface area contributed by atoms with Crippen LogP contribution in [0, 0.1) is 13.8 Å². The predicted molar refractivity (Wildman–Crippen MR) is 106 cm³/mol. The van der Waals surface area contributed by atoms with E-state index in [0.717, 1.165) is 16.8 Å². The fraction of sp³-hybridized carbons (Fsp3) is 0.318. The van der Waals surface area contributed by atoms with E-state index in [1.807, 2.05) is 43.3 Å². The Hall–Kier alpha value is -2.75. The van der Waals surface area contributed by atoms with Crippen LogP contribution in [0.15, 0.2) is 48.5 Å². The molecule has 0 aliphatic heterocycles. The highest BCUT2D eigenvalue weighted by molar-refractivity contribution is 5.86. The van der Waals surface area contributed by atoms with Crippen molar-refractivity contribution in [3.63, 3.8) is 0 Å². The first-order valence-corrected chi connectivity index (χ1v) is 8.91. The number of aromatic nitrogens is 1. The molecule has 1 heterocycles. The smallest absolute Gasteiger partial charge is 0.257 e. The van der Waals surface area contributed by atoms with E-state index in [1.165, 1.54) is 10.9 Å². The maximum absolute atomic E-state index is 12.2. The third-order valence-electron chi connectivity index (χ3n) is 4.69. The molecule has 0 unspecified atom stereocenters. The maximum Gasteiger partial charge on any atom is 0.257 e. The number of aryl methyl sites for hydroxylation is 2. The number of benzene rings is 2. The van der Waals surface area contributed by atoms with Crippen LogP contribution in [0.3, 0.4) is 0 Å². The summed E-state index contributed by atoms with van der Waals surface area (Å²) in [6.07, 6.45) is 0. The van der Waals surface area contributed by atoms with Crippen molar-refractivity contribution >= 4 is 16.8 Å². The molecule has 0 fully saturated rings. The van der Waals surface area contributed by atoms with E-state index in [2.05, 4.69) is 43.2 Å². The van der Waals surface area contributed by atoms with Crippen molar-refractivity contribution in [2.24, 2.45) is 0 Å². The van der Waals surface area contributed by atoms with Crippen molar-refractivity contribution in [1.29, 1.82) is 0 Å². The number of aromatic amines is 1. The number of rotatable bonds is 6. The Balaban J connectivity index is 1.63. The van der Waals surface area contributed by atoms with Gasteiger partial charge in [0.2, 0.25) is 0 Å². The van der Waals surface area contributed by atoms with Crippen LogP contribution in [0.2, 0.25) is 0 Å². The summed E-state index contributed by atoms with van der Waals surface area (Å²) in [4.78, 5) is 15.6. The van der Waals surface area contributed by atoms with Gasteiger partial charge in [0.05, 0.1) is 0 Å². The molecule has 2 N–H and O–H groups in total. The van der Waals surface area contributed by atoms with Crippen LogP contribution in [-0.2, 0) is 10.2 Å². The van der Waals surface area contributed by atoms with Gasteiger partial charge in [-0.25, -0.2) is 0 Å². The lowest BCUT2D eigenvalue weighted by atomic mass is 9.82. The predicted octanol–water partition coefficient (Wildman–Crippen LogP) is 4.26. The zero-order chi connectivity index (χ0) is 18.7. The highest BCUT2D eigenvalue weighted by atomic mass is 16.5. The van der Waals surface area contributed by atoms with Gasteiger partial charge in [-0.3, -0.25) is 4.79 Å². The van der Waals surface area contributed by atoms with Crippen molar-refractivity contribution in [3.8, 4) is 5.75 Å². The number of nitrogens with one attached hydrogen (secondary N) is 2. The van der Waals surface area contributed by atoms with E-state index in [9.17, 15) is 4.79 Å². The highest BCUT2D eigenvalue weighted by Gasteiger charge is 2.27. The Kier molecular flexibility index (Phi) is 5.03. The van der Waals surface area contributed by atoms with E-state index in [0.29, 0.717) is 12.3 Å². The fourth-order valence-electron chi connectivity index (χ4n) is 3.39. The standard InChI is InChI=1S/C22H26N2O2/c1-15-9-11-17(12-10-15)26-13-20(25)23-14-22(3,4)21-16(2)24-19-8-6-5-7-18(19)21/h5-12,24H,13-14H2,1-4H3,(H,23,25). The summed E-state index contributed by atoms with van der Waals surface area (Å²) in [5, 5.41) is 4.22. The van der Waals surface area contributed by atoms with Crippen molar-refractivity contribution in [2.75, 3.05) is 13.2 Å². The van der Waals surface area contributed by atoms with Gasteiger partial charge in [0.25, 0.3) is 5.91 Å². The normalized spacial score (nSPS) is 11.5. The summed E-state index contributed by atoms with van der Waals surface area (Å²) in [6.45, 7) is 8.97. The zero-order valence-electron chi connectivity index (χ0n) is 15.8. The van der Waals surface area contributed by atoms with Crippen molar-refractivity contribution in [1.82, 2.24) is 10.3 Å². The average Bonchev–Trinajstić information content (AvgIpc) is 2.96. The van der Waals surface area contributed by atoms with Crippen LogP contribution >= 0.6 is 0 Å². The fourth-order valence-corrected chi connectivity index (χ4v) is 3.39. The van der Waals surface area contributed by atoms with E-state index in [1.54, 1.807) is 0 Å². The van der Waals surface area contributed by atoms with Gasteiger partial charge < -0.3 is 15.0 Å². The topological polar surface area (TPSA) is 54.1 Å². The van der Waals surface area contributed by atoms with Gasteiger partial charge in [-0.1, -0.05) is 49.7 Å². The van der Waals surface area contributed by atoms with E-state index in [-0.39, 0.29) is 17.9 Å². The molecule has 4 nitrogen and oxygen atoms in total. The molecule has 4 heteroatoms. The third kappa shape index (κ3) is 3.90. The minimum absolute atomic E-state index is 0.0198. The van der Waals surface area contributed by atoms with Crippen molar-refractivity contribution in [3.05, 3.63) is 65.4 Å². The molecule has 0 aliphatic carbocycles. The number of hydrogen-bond donors (Lipinski definition) is 2. The Morgan fingerprint density at radius 2 is 1.77 bits per heavy atom. The first-order chi connectivity index (χ1) is 12.4. The van der Waals surface area contributed by atoms with Gasteiger partial charge in [0.1, 0.15) is 5.75 Å². The summed E-state index contributed by atoms with van der Waals surface area (Å²) in [7, 11) is 0. The third-order valence-corrected chi connectivity index (χ3v) is 4.69. The average molecular weight is 350 g/mol. The number of para-hydroxylation sites is 1. The molecular formula is C22H26N2O2. The number of hydrogen-bond acceptors (Lipinski definition) is 2. The molecule has 0 radical (unpaired) electrons. The van der Waals surface area contributed by atoms with Gasteiger partial charge in [0, 0.05) is 28.6 Å². The van der Waals surface area contributed by atoms with Crippen LogP contribution in [0.5, 0.6) is 5.75 Å². The van der Waals surface area contributed by atoms with E-state index in [4.69, 9.17) is 4.74 Å². The molecule has 0 atom stereocenters. The molecule has 0 saturated carbocycles. The zero-order valence-corrected chi connectivity index (χ0v) is 15.8. The lowest BCUT2D eigenvalue weighted by molar-refractivity contribution is -0.123. The first-order valence-electron chi connectivity index (χ1n) is 8.91. The largest absolute Gasteiger partial charge is 0.484 e. The van der Waals surface area contributed by atoms with E-state index < -0.39 is 0 Å². The van der Waals surface area contributed by atoms with Gasteiger partial charge >= 0.3 is 0 Å². The molecule has 0 spiro atoms.